The monoisotopic (exact) mass is 218 g/mol. The molecule has 0 amide bonds. The number of nitrogens with zero attached hydrogens (tertiary/aromatic N) is 2. The molecule has 0 saturated heterocycles. The van der Waals surface area contributed by atoms with Crippen molar-refractivity contribution in [2.45, 2.75) is 26.2 Å². The quantitative estimate of drug-likeness (QED) is 0.788. The van der Waals surface area contributed by atoms with Gasteiger partial charge in [0, 0.05) is 24.2 Å². The van der Waals surface area contributed by atoms with E-state index in [-0.39, 0.29) is 0 Å². The summed E-state index contributed by atoms with van der Waals surface area (Å²) >= 11 is 1.75. The Balaban J connectivity index is 2.05. The van der Waals surface area contributed by atoms with Gasteiger partial charge in [0.25, 0.3) is 0 Å². The maximum Gasteiger partial charge on any atom is 0.0972 e. The number of aryl methyl sites for hydroxylation is 1. The normalized spacial score (nSPS) is 10.5. The third-order valence-electron chi connectivity index (χ3n) is 2.18. The first-order chi connectivity index (χ1) is 7.38. The van der Waals surface area contributed by atoms with Gasteiger partial charge >= 0.3 is 0 Å². The summed E-state index contributed by atoms with van der Waals surface area (Å²) in [5, 5.41) is 3.35. The molecule has 3 heteroatoms. The lowest BCUT2D eigenvalue weighted by Crippen LogP contribution is -1.89. The summed E-state index contributed by atoms with van der Waals surface area (Å²) in [4.78, 5) is 8.69. The SMILES string of the molecule is CCCc1csc(Cc2cccnc2)n1. The maximum absolute atomic E-state index is 4.59. The lowest BCUT2D eigenvalue weighted by molar-refractivity contribution is 0.883. The van der Waals surface area contributed by atoms with E-state index in [0.29, 0.717) is 0 Å². The van der Waals surface area contributed by atoms with E-state index >= 15 is 0 Å². The lowest BCUT2D eigenvalue weighted by atomic mass is 10.2. The molecule has 0 bridgehead atoms. The lowest BCUT2D eigenvalue weighted by Gasteiger charge is -1.95. The summed E-state index contributed by atoms with van der Waals surface area (Å²) in [6.45, 7) is 2.18. The number of hydrogen-bond acceptors (Lipinski definition) is 3. The standard InChI is InChI=1S/C12H14N2S/c1-2-4-11-9-15-12(14-11)7-10-5-3-6-13-8-10/h3,5-6,8-9H,2,4,7H2,1H3. The van der Waals surface area contributed by atoms with Gasteiger partial charge in [-0.15, -0.1) is 11.3 Å². The van der Waals surface area contributed by atoms with E-state index < -0.39 is 0 Å². The van der Waals surface area contributed by atoms with Gasteiger partial charge in [-0.25, -0.2) is 4.98 Å². The van der Waals surface area contributed by atoms with Crippen LogP contribution in [0.25, 0.3) is 0 Å². The van der Waals surface area contributed by atoms with Crippen molar-refractivity contribution in [3.63, 3.8) is 0 Å². The highest BCUT2D eigenvalue weighted by atomic mass is 32.1. The van der Waals surface area contributed by atoms with Crippen LogP contribution in [-0.2, 0) is 12.8 Å². The average molecular weight is 218 g/mol. The van der Waals surface area contributed by atoms with Crippen molar-refractivity contribution in [2.24, 2.45) is 0 Å². The van der Waals surface area contributed by atoms with Gasteiger partial charge in [0.2, 0.25) is 0 Å². The van der Waals surface area contributed by atoms with Crippen LogP contribution in [0.3, 0.4) is 0 Å². The van der Waals surface area contributed by atoms with E-state index in [1.807, 2.05) is 12.3 Å². The zero-order chi connectivity index (χ0) is 10.5. The molecule has 0 fully saturated rings. The minimum atomic E-state index is 0.905. The van der Waals surface area contributed by atoms with Gasteiger partial charge in [-0.2, -0.15) is 0 Å². The van der Waals surface area contributed by atoms with Gasteiger partial charge in [0.15, 0.2) is 0 Å². The molecule has 0 aliphatic carbocycles. The van der Waals surface area contributed by atoms with Gasteiger partial charge in [-0.1, -0.05) is 19.4 Å². The molecule has 15 heavy (non-hydrogen) atoms. The summed E-state index contributed by atoms with van der Waals surface area (Å²) in [5.74, 6) is 0. The van der Waals surface area contributed by atoms with Gasteiger partial charge < -0.3 is 0 Å². The fraction of sp³-hybridized carbons (Fsp3) is 0.333. The third kappa shape index (κ3) is 2.86. The molecular formula is C12H14N2S. The molecule has 78 valence electrons. The molecule has 0 radical (unpaired) electrons. The van der Waals surface area contributed by atoms with Crippen LogP contribution in [0, 0.1) is 0 Å². The van der Waals surface area contributed by atoms with Crippen LogP contribution in [0.4, 0.5) is 0 Å². The first-order valence-corrected chi connectivity index (χ1v) is 6.08. The van der Waals surface area contributed by atoms with Crippen molar-refractivity contribution in [2.75, 3.05) is 0 Å². The van der Waals surface area contributed by atoms with Crippen LogP contribution >= 0.6 is 11.3 Å². The Labute approximate surface area is 94.0 Å². The molecule has 0 aliphatic rings. The first-order valence-electron chi connectivity index (χ1n) is 5.20. The van der Waals surface area contributed by atoms with Crippen molar-refractivity contribution in [3.8, 4) is 0 Å². The van der Waals surface area contributed by atoms with Crippen LogP contribution in [-0.4, -0.2) is 9.97 Å². The van der Waals surface area contributed by atoms with E-state index in [2.05, 4.69) is 28.3 Å². The van der Waals surface area contributed by atoms with Crippen LogP contribution in [0.1, 0.15) is 29.6 Å². The summed E-state index contributed by atoms with van der Waals surface area (Å²) in [6, 6.07) is 4.06. The van der Waals surface area contributed by atoms with Gasteiger partial charge in [-0.05, 0) is 18.1 Å². The fourth-order valence-electron chi connectivity index (χ4n) is 1.48. The Morgan fingerprint density at radius 2 is 2.33 bits per heavy atom. The molecule has 2 nitrogen and oxygen atoms in total. The Bertz CT molecular complexity index is 409. The molecular weight excluding hydrogens is 204 g/mol. The average Bonchev–Trinajstić information content (AvgIpc) is 2.68. The summed E-state index contributed by atoms with van der Waals surface area (Å²) in [7, 11) is 0. The van der Waals surface area contributed by atoms with Crippen LogP contribution in [0.15, 0.2) is 29.9 Å². The fourth-order valence-corrected chi connectivity index (χ4v) is 2.34. The second-order valence-corrected chi connectivity index (χ2v) is 4.46. The Kier molecular flexibility index (Phi) is 3.45. The van der Waals surface area contributed by atoms with E-state index in [1.54, 1.807) is 17.5 Å². The maximum atomic E-state index is 4.59. The molecule has 0 atom stereocenters. The van der Waals surface area contributed by atoms with E-state index in [0.717, 1.165) is 19.3 Å². The Morgan fingerprint density at radius 1 is 1.40 bits per heavy atom. The zero-order valence-electron chi connectivity index (χ0n) is 8.81. The van der Waals surface area contributed by atoms with Crippen molar-refractivity contribution in [1.82, 2.24) is 9.97 Å². The highest BCUT2D eigenvalue weighted by Gasteiger charge is 2.02. The smallest absolute Gasteiger partial charge is 0.0972 e. The van der Waals surface area contributed by atoms with Gasteiger partial charge in [-0.3, -0.25) is 4.98 Å². The second kappa shape index (κ2) is 5.03. The van der Waals surface area contributed by atoms with Crippen LogP contribution in [0.5, 0.6) is 0 Å². The van der Waals surface area contributed by atoms with Crippen LogP contribution in [0.2, 0.25) is 0 Å². The predicted octanol–water partition coefficient (Wildman–Crippen LogP) is 3.08. The molecule has 0 N–H and O–H groups in total. The predicted molar refractivity (Wildman–Crippen MR) is 63.2 cm³/mol. The number of aromatic nitrogens is 2. The molecule has 0 unspecified atom stereocenters. The summed E-state index contributed by atoms with van der Waals surface area (Å²) < 4.78 is 0. The zero-order valence-corrected chi connectivity index (χ0v) is 9.63. The molecule has 0 aliphatic heterocycles. The largest absolute Gasteiger partial charge is 0.264 e. The van der Waals surface area contributed by atoms with E-state index in [1.165, 1.54) is 16.3 Å². The number of rotatable bonds is 4. The molecule has 2 rings (SSSR count). The van der Waals surface area contributed by atoms with Crippen LogP contribution < -0.4 is 0 Å². The van der Waals surface area contributed by atoms with Crippen molar-refractivity contribution < 1.29 is 0 Å². The second-order valence-electron chi connectivity index (χ2n) is 3.52. The highest BCUT2D eigenvalue weighted by molar-refractivity contribution is 7.09. The summed E-state index contributed by atoms with van der Waals surface area (Å²) in [5.41, 5.74) is 2.45. The van der Waals surface area contributed by atoms with Crippen molar-refractivity contribution >= 4 is 11.3 Å². The Morgan fingerprint density at radius 3 is 3.07 bits per heavy atom. The summed E-state index contributed by atoms with van der Waals surface area (Å²) in [6.07, 6.45) is 6.86. The van der Waals surface area contributed by atoms with Gasteiger partial charge in [0.05, 0.1) is 10.7 Å². The number of pyridine rings is 1. The van der Waals surface area contributed by atoms with Gasteiger partial charge in [0.1, 0.15) is 0 Å². The van der Waals surface area contributed by atoms with E-state index in [4.69, 9.17) is 0 Å². The third-order valence-corrected chi connectivity index (χ3v) is 3.08. The topological polar surface area (TPSA) is 25.8 Å². The highest BCUT2D eigenvalue weighted by Crippen LogP contribution is 2.15. The molecule has 2 aromatic rings. The minimum absolute atomic E-state index is 0.905. The van der Waals surface area contributed by atoms with Crippen molar-refractivity contribution in [3.05, 3.63) is 46.2 Å². The Hall–Kier alpha value is -1.22. The van der Waals surface area contributed by atoms with E-state index in [9.17, 15) is 0 Å². The first kappa shape index (κ1) is 10.3. The number of thiazole rings is 1. The molecule has 2 aromatic heterocycles. The minimum Gasteiger partial charge on any atom is -0.264 e. The molecule has 2 heterocycles. The molecule has 0 aromatic carbocycles. The number of hydrogen-bond donors (Lipinski definition) is 0. The molecule has 0 saturated carbocycles. The molecule has 0 spiro atoms. The van der Waals surface area contributed by atoms with Crippen molar-refractivity contribution in [1.29, 1.82) is 0 Å².